The van der Waals surface area contributed by atoms with Gasteiger partial charge in [-0.15, -0.1) is 0 Å². The van der Waals surface area contributed by atoms with Crippen molar-refractivity contribution in [3.8, 4) is 0 Å². The van der Waals surface area contributed by atoms with Crippen molar-refractivity contribution in [2.24, 2.45) is 5.92 Å². The Bertz CT molecular complexity index is 854. The standard InChI is InChI=1S/C22H21NO5/c24-20-17-12-6-7-13-18(17)21(25)23(20)28-22(26)19(16-10-2-1-3-11-16)27-14-15-8-4-5-9-15/h1-3,6-7,10-13,15,19H,4-5,8-9,14H2. The Morgan fingerprint density at radius 2 is 1.50 bits per heavy atom. The molecule has 0 aromatic heterocycles. The van der Waals surface area contributed by atoms with E-state index in [9.17, 15) is 14.4 Å². The highest BCUT2D eigenvalue weighted by molar-refractivity contribution is 6.20. The molecule has 0 saturated heterocycles. The number of nitrogens with zero attached hydrogens (tertiary/aromatic N) is 1. The molecule has 0 bridgehead atoms. The predicted molar refractivity (Wildman–Crippen MR) is 100 cm³/mol. The smallest absolute Gasteiger partial charge is 0.361 e. The van der Waals surface area contributed by atoms with E-state index in [1.807, 2.05) is 6.07 Å². The van der Waals surface area contributed by atoms with Crippen LogP contribution >= 0.6 is 0 Å². The number of benzene rings is 2. The highest BCUT2D eigenvalue weighted by Gasteiger charge is 2.40. The average Bonchev–Trinajstić information content (AvgIpc) is 3.32. The minimum absolute atomic E-state index is 0.225. The van der Waals surface area contributed by atoms with E-state index in [2.05, 4.69) is 0 Å². The van der Waals surface area contributed by atoms with Crippen LogP contribution in [0.1, 0.15) is 58.1 Å². The minimum atomic E-state index is -0.994. The van der Waals surface area contributed by atoms with Crippen LogP contribution in [0.25, 0.3) is 0 Å². The van der Waals surface area contributed by atoms with Gasteiger partial charge in [-0.25, -0.2) is 4.79 Å². The Morgan fingerprint density at radius 1 is 0.929 bits per heavy atom. The van der Waals surface area contributed by atoms with Gasteiger partial charge in [-0.05, 0) is 36.5 Å². The maximum atomic E-state index is 12.9. The molecule has 1 heterocycles. The molecule has 2 amide bonds. The number of ether oxygens (including phenoxy) is 1. The number of hydrogen-bond acceptors (Lipinski definition) is 5. The monoisotopic (exact) mass is 379 g/mol. The van der Waals surface area contributed by atoms with Crippen molar-refractivity contribution >= 4 is 17.8 Å². The van der Waals surface area contributed by atoms with Crippen molar-refractivity contribution in [2.75, 3.05) is 6.61 Å². The van der Waals surface area contributed by atoms with Gasteiger partial charge in [0.25, 0.3) is 11.8 Å². The van der Waals surface area contributed by atoms with E-state index in [-0.39, 0.29) is 11.1 Å². The Morgan fingerprint density at radius 3 is 2.11 bits per heavy atom. The van der Waals surface area contributed by atoms with Crippen molar-refractivity contribution in [2.45, 2.75) is 31.8 Å². The van der Waals surface area contributed by atoms with Crippen LogP contribution in [0.3, 0.4) is 0 Å². The van der Waals surface area contributed by atoms with E-state index in [0.29, 0.717) is 23.2 Å². The molecule has 144 valence electrons. The van der Waals surface area contributed by atoms with E-state index in [1.54, 1.807) is 36.4 Å². The molecule has 28 heavy (non-hydrogen) atoms. The lowest BCUT2D eigenvalue weighted by Crippen LogP contribution is -2.35. The lowest BCUT2D eigenvalue weighted by molar-refractivity contribution is -0.183. The number of imide groups is 1. The molecule has 1 saturated carbocycles. The summed E-state index contributed by atoms with van der Waals surface area (Å²) in [7, 11) is 0. The Labute approximate surface area is 163 Å². The summed E-state index contributed by atoms with van der Waals surface area (Å²) in [5, 5.41) is 0.530. The van der Waals surface area contributed by atoms with Crippen molar-refractivity contribution < 1.29 is 24.0 Å². The number of amides is 2. The molecular formula is C22H21NO5. The van der Waals surface area contributed by atoms with Gasteiger partial charge in [-0.2, -0.15) is 0 Å². The summed E-state index contributed by atoms with van der Waals surface area (Å²) in [5.41, 5.74) is 1.08. The van der Waals surface area contributed by atoms with E-state index >= 15 is 0 Å². The summed E-state index contributed by atoms with van der Waals surface area (Å²) in [5.74, 6) is -1.65. The maximum absolute atomic E-state index is 12.9. The van der Waals surface area contributed by atoms with Crippen LogP contribution in [0.2, 0.25) is 0 Å². The van der Waals surface area contributed by atoms with Gasteiger partial charge in [0, 0.05) is 0 Å². The quantitative estimate of drug-likeness (QED) is 0.716. The minimum Gasteiger partial charge on any atom is -0.361 e. The van der Waals surface area contributed by atoms with Crippen LogP contribution in [0, 0.1) is 5.92 Å². The zero-order valence-corrected chi connectivity index (χ0v) is 15.4. The fourth-order valence-electron chi connectivity index (χ4n) is 3.73. The number of hydroxylamine groups is 2. The first kappa shape index (κ1) is 18.4. The van der Waals surface area contributed by atoms with Gasteiger partial charge in [0.2, 0.25) is 0 Å². The lowest BCUT2D eigenvalue weighted by Gasteiger charge is -2.21. The molecule has 1 fully saturated rings. The van der Waals surface area contributed by atoms with Crippen molar-refractivity contribution in [1.29, 1.82) is 0 Å². The maximum Gasteiger partial charge on any atom is 0.366 e. The summed E-state index contributed by atoms with van der Waals surface area (Å²) in [6.07, 6.45) is 3.50. The fourth-order valence-corrected chi connectivity index (χ4v) is 3.73. The highest BCUT2D eigenvalue weighted by Crippen LogP contribution is 2.29. The molecule has 1 aliphatic heterocycles. The molecule has 2 aliphatic rings. The van der Waals surface area contributed by atoms with Crippen molar-refractivity contribution in [3.05, 3.63) is 71.3 Å². The fraction of sp³-hybridized carbons (Fsp3) is 0.318. The number of carbonyl (C=O) groups excluding carboxylic acids is 3. The molecule has 4 rings (SSSR count). The van der Waals surface area contributed by atoms with E-state index < -0.39 is 23.9 Å². The summed E-state index contributed by atoms with van der Waals surface area (Å²) in [6, 6.07) is 15.4. The van der Waals surface area contributed by atoms with Gasteiger partial charge in [0.1, 0.15) is 0 Å². The van der Waals surface area contributed by atoms with Crippen LogP contribution < -0.4 is 0 Å². The topological polar surface area (TPSA) is 72.9 Å². The van der Waals surface area contributed by atoms with Crippen molar-refractivity contribution in [1.82, 2.24) is 5.06 Å². The first-order valence-electron chi connectivity index (χ1n) is 9.51. The second kappa shape index (κ2) is 7.94. The van der Waals surface area contributed by atoms with E-state index in [4.69, 9.17) is 9.57 Å². The highest BCUT2D eigenvalue weighted by atomic mass is 16.7. The molecular weight excluding hydrogens is 358 g/mol. The number of fused-ring (bicyclic) bond motifs is 1. The Kier molecular flexibility index (Phi) is 5.21. The molecule has 1 atom stereocenters. The first-order valence-corrected chi connectivity index (χ1v) is 9.51. The van der Waals surface area contributed by atoms with Crippen LogP contribution in [0.15, 0.2) is 54.6 Å². The van der Waals surface area contributed by atoms with Crippen LogP contribution in [-0.2, 0) is 14.4 Å². The molecule has 1 unspecified atom stereocenters. The number of carbonyl (C=O) groups is 3. The molecule has 1 aliphatic carbocycles. The second-order valence-electron chi connectivity index (χ2n) is 7.14. The molecule has 2 aromatic rings. The van der Waals surface area contributed by atoms with Crippen LogP contribution in [0.4, 0.5) is 0 Å². The van der Waals surface area contributed by atoms with E-state index in [0.717, 1.165) is 12.8 Å². The summed E-state index contributed by atoms with van der Waals surface area (Å²) in [6.45, 7) is 0.441. The third kappa shape index (κ3) is 3.55. The largest absolute Gasteiger partial charge is 0.366 e. The van der Waals surface area contributed by atoms with Crippen molar-refractivity contribution in [3.63, 3.8) is 0 Å². The molecule has 6 heteroatoms. The molecule has 0 N–H and O–H groups in total. The molecule has 6 nitrogen and oxygen atoms in total. The Hall–Kier alpha value is -2.99. The number of hydrogen-bond donors (Lipinski definition) is 0. The van der Waals surface area contributed by atoms with Gasteiger partial charge in [-0.3, -0.25) is 9.59 Å². The second-order valence-corrected chi connectivity index (χ2v) is 7.14. The van der Waals surface area contributed by atoms with Gasteiger partial charge in [0.05, 0.1) is 17.7 Å². The number of rotatable bonds is 6. The van der Waals surface area contributed by atoms with Gasteiger partial charge in [0.15, 0.2) is 6.10 Å². The van der Waals surface area contributed by atoms with E-state index in [1.165, 1.54) is 25.0 Å². The van der Waals surface area contributed by atoms with Crippen LogP contribution in [-0.4, -0.2) is 29.5 Å². The summed E-state index contributed by atoms with van der Waals surface area (Å²) < 4.78 is 5.91. The van der Waals surface area contributed by atoms with Gasteiger partial charge >= 0.3 is 5.97 Å². The third-order valence-electron chi connectivity index (χ3n) is 5.23. The summed E-state index contributed by atoms with van der Waals surface area (Å²) >= 11 is 0. The van der Waals surface area contributed by atoms with Gasteiger partial charge in [-0.1, -0.05) is 60.4 Å². The molecule has 0 spiro atoms. The Balaban J connectivity index is 1.51. The predicted octanol–water partition coefficient (Wildman–Crippen LogP) is 3.69. The zero-order chi connectivity index (χ0) is 19.5. The van der Waals surface area contributed by atoms with Gasteiger partial charge < -0.3 is 9.57 Å². The molecule has 2 aromatic carbocycles. The average molecular weight is 379 g/mol. The lowest BCUT2D eigenvalue weighted by atomic mass is 10.1. The molecule has 0 radical (unpaired) electrons. The third-order valence-corrected chi connectivity index (χ3v) is 5.23. The van der Waals surface area contributed by atoms with Crippen LogP contribution in [0.5, 0.6) is 0 Å². The zero-order valence-electron chi connectivity index (χ0n) is 15.4. The SMILES string of the molecule is O=C(ON1C(=O)c2ccccc2C1=O)C(OCC1CCCC1)c1ccccc1. The normalized spacial score (nSPS) is 17.6. The summed E-state index contributed by atoms with van der Waals surface area (Å²) in [4.78, 5) is 43.0. The first-order chi connectivity index (χ1) is 13.6.